The molecule has 0 aliphatic carbocycles. The van der Waals surface area contributed by atoms with Gasteiger partial charge in [0.15, 0.2) is 0 Å². The first kappa shape index (κ1) is 21.6. The third-order valence-electron chi connectivity index (χ3n) is 5.56. The van der Waals surface area contributed by atoms with Crippen molar-refractivity contribution in [2.24, 2.45) is 0 Å². The first-order chi connectivity index (χ1) is 13.9. The lowest BCUT2D eigenvalue weighted by Gasteiger charge is -2.44. The maximum atomic E-state index is 13.3. The van der Waals surface area contributed by atoms with Crippen LogP contribution in [0.5, 0.6) is 11.5 Å². The molecule has 1 saturated heterocycles. The van der Waals surface area contributed by atoms with Crippen LogP contribution in [0.15, 0.2) is 53.4 Å². The summed E-state index contributed by atoms with van der Waals surface area (Å²) < 4.78 is 38.8. The van der Waals surface area contributed by atoms with Gasteiger partial charge >= 0.3 is 0 Å². The highest BCUT2D eigenvalue weighted by Gasteiger charge is 2.37. The minimum Gasteiger partial charge on any atom is -0.497 e. The first-order valence-electron chi connectivity index (χ1n) is 9.88. The number of rotatable bonds is 7. The molecule has 0 saturated carbocycles. The van der Waals surface area contributed by atoms with Crippen molar-refractivity contribution in [1.29, 1.82) is 0 Å². The van der Waals surface area contributed by atoms with E-state index in [9.17, 15) is 8.42 Å². The number of hydrogen-bond donors (Lipinski definition) is 0. The number of methoxy groups -OCH3 is 2. The van der Waals surface area contributed by atoms with Gasteiger partial charge in [0, 0.05) is 37.8 Å². The fourth-order valence-electron chi connectivity index (χ4n) is 3.98. The molecular formula is C22H30N2O4S. The van der Waals surface area contributed by atoms with Crippen molar-refractivity contribution in [3.8, 4) is 11.5 Å². The van der Waals surface area contributed by atoms with Crippen LogP contribution in [-0.4, -0.2) is 63.6 Å². The normalized spacial score (nSPS) is 21.1. The van der Waals surface area contributed by atoms with Gasteiger partial charge in [0.05, 0.1) is 14.2 Å². The second-order valence-corrected chi connectivity index (χ2v) is 9.42. The Balaban J connectivity index is 1.74. The zero-order valence-electron chi connectivity index (χ0n) is 17.5. The van der Waals surface area contributed by atoms with Crippen molar-refractivity contribution in [1.82, 2.24) is 9.21 Å². The fourth-order valence-corrected chi connectivity index (χ4v) is 5.71. The van der Waals surface area contributed by atoms with Crippen molar-refractivity contribution >= 4 is 10.0 Å². The van der Waals surface area contributed by atoms with Crippen molar-refractivity contribution in [2.45, 2.75) is 37.2 Å². The van der Waals surface area contributed by atoms with Gasteiger partial charge in [-0.05, 0) is 38.0 Å². The largest absolute Gasteiger partial charge is 0.497 e. The summed E-state index contributed by atoms with van der Waals surface area (Å²) in [5.41, 5.74) is 1.30. The molecule has 0 spiro atoms. The lowest BCUT2D eigenvalue weighted by Crippen LogP contribution is -2.58. The average Bonchev–Trinajstić information content (AvgIpc) is 2.73. The van der Waals surface area contributed by atoms with Crippen LogP contribution < -0.4 is 9.47 Å². The average molecular weight is 419 g/mol. The number of sulfonamides is 1. The second-order valence-electron chi connectivity index (χ2n) is 7.51. The maximum Gasteiger partial charge on any atom is 0.246 e. The van der Waals surface area contributed by atoms with Gasteiger partial charge in [-0.3, -0.25) is 4.90 Å². The number of ether oxygens (including phenoxy) is 2. The Bertz CT molecular complexity index is 906. The van der Waals surface area contributed by atoms with E-state index >= 15 is 0 Å². The summed E-state index contributed by atoms with van der Waals surface area (Å²) in [5, 5.41) is 0. The van der Waals surface area contributed by atoms with E-state index in [2.05, 4.69) is 43.0 Å². The van der Waals surface area contributed by atoms with E-state index in [1.807, 2.05) is 6.07 Å². The summed E-state index contributed by atoms with van der Waals surface area (Å²) in [6.45, 7) is 6.00. The molecule has 1 aliphatic heterocycles. The third kappa shape index (κ3) is 4.74. The molecule has 0 N–H and O–H groups in total. The van der Waals surface area contributed by atoms with Crippen molar-refractivity contribution in [3.05, 3.63) is 54.1 Å². The zero-order valence-corrected chi connectivity index (χ0v) is 18.4. The summed E-state index contributed by atoms with van der Waals surface area (Å²) in [7, 11) is -0.645. The van der Waals surface area contributed by atoms with Gasteiger partial charge < -0.3 is 9.47 Å². The zero-order chi connectivity index (χ0) is 21.0. The Morgan fingerprint density at radius 3 is 2.21 bits per heavy atom. The summed E-state index contributed by atoms with van der Waals surface area (Å²) in [5.74, 6) is 0.865. The van der Waals surface area contributed by atoms with E-state index in [1.165, 1.54) is 12.7 Å². The smallest absolute Gasteiger partial charge is 0.246 e. The minimum absolute atomic E-state index is 0.126. The Kier molecular flexibility index (Phi) is 6.82. The van der Waals surface area contributed by atoms with Gasteiger partial charge in [-0.1, -0.05) is 30.3 Å². The highest BCUT2D eigenvalue weighted by Crippen LogP contribution is 2.32. The minimum atomic E-state index is -3.66. The van der Waals surface area contributed by atoms with Crippen molar-refractivity contribution in [3.63, 3.8) is 0 Å². The second kappa shape index (κ2) is 9.15. The molecule has 158 valence electrons. The van der Waals surface area contributed by atoms with Crippen LogP contribution in [0.3, 0.4) is 0 Å². The van der Waals surface area contributed by atoms with Gasteiger partial charge in [-0.2, -0.15) is 4.31 Å². The van der Waals surface area contributed by atoms with E-state index in [-0.39, 0.29) is 17.0 Å². The monoisotopic (exact) mass is 418 g/mol. The van der Waals surface area contributed by atoms with E-state index in [0.29, 0.717) is 24.6 Å². The molecule has 1 fully saturated rings. The highest BCUT2D eigenvalue weighted by atomic mass is 32.2. The Hall–Kier alpha value is -2.09. The Morgan fingerprint density at radius 2 is 1.62 bits per heavy atom. The topological polar surface area (TPSA) is 59.1 Å². The van der Waals surface area contributed by atoms with Crippen LogP contribution in [-0.2, 0) is 16.4 Å². The summed E-state index contributed by atoms with van der Waals surface area (Å²) in [6.07, 6.45) is 0.953. The first-order valence-corrected chi connectivity index (χ1v) is 11.3. The molecule has 0 aromatic heterocycles. The molecule has 0 amide bonds. The standard InChI is InChI=1S/C22H30N2O4S/c1-17-15-23(16-18(2)24(17)13-12-19-8-6-5-7-9-19)29(25,26)22-11-10-20(27-3)14-21(22)28-4/h5-11,14,17-18H,12-13,15-16H2,1-4H3. The van der Waals surface area contributed by atoms with Gasteiger partial charge in [0.2, 0.25) is 10.0 Å². The number of benzene rings is 2. The van der Waals surface area contributed by atoms with Gasteiger partial charge in [-0.25, -0.2) is 8.42 Å². The SMILES string of the molecule is COc1ccc(S(=O)(=O)N2CC(C)N(CCc3ccccc3)C(C)C2)c(OC)c1. The van der Waals surface area contributed by atoms with Crippen LogP contribution >= 0.6 is 0 Å². The lowest BCUT2D eigenvalue weighted by atomic mass is 10.1. The molecule has 6 nitrogen and oxygen atoms in total. The van der Waals surface area contributed by atoms with Crippen LogP contribution in [0, 0.1) is 0 Å². The van der Waals surface area contributed by atoms with E-state index in [0.717, 1.165) is 13.0 Å². The molecule has 1 heterocycles. The third-order valence-corrected chi connectivity index (χ3v) is 7.43. The molecular weight excluding hydrogens is 388 g/mol. The van der Waals surface area contributed by atoms with Gasteiger partial charge in [0.25, 0.3) is 0 Å². The summed E-state index contributed by atoms with van der Waals surface area (Å²) in [6, 6.07) is 15.5. The molecule has 0 bridgehead atoms. The molecule has 2 unspecified atom stereocenters. The van der Waals surface area contributed by atoms with E-state index < -0.39 is 10.0 Å². The molecule has 3 rings (SSSR count). The predicted molar refractivity (Wildman–Crippen MR) is 114 cm³/mol. The molecule has 7 heteroatoms. The molecule has 2 aromatic rings. The quantitative estimate of drug-likeness (QED) is 0.692. The van der Waals surface area contributed by atoms with E-state index in [4.69, 9.17) is 9.47 Å². The maximum absolute atomic E-state index is 13.3. The van der Waals surface area contributed by atoms with E-state index in [1.54, 1.807) is 29.6 Å². The van der Waals surface area contributed by atoms with Crippen molar-refractivity contribution in [2.75, 3.05) is 33.9 Å². The van der Waals surface area contributed by atoms with Gasteiger partial charge in [-0.15, -0.1) is 0 Å². The lowest BCUT2D eigenvalue weighted by molar-refractivity contribution is 0.0783. The predicted octanol–water partition coefficient (Wildman–Crippen LogP) is 3.03. The summed E-state index contributed by atoms with van der Waals surface area (Å²) in [4.78, 5) is 2.57. The van der Waals surface area contributed by atoms with Crippen LogP contribution in [0.4, 0.5) is 0 Å². The molecule has 2 aromatic carbocycles. The molecule has 1 aliphatic rings. The number of hydrogen-bond acceptors (Lipinski definition) is 5. The van der Waals surface area contributed by atoms with Crippen LogP contribution in [0.25, 0.3) is 0 Å². The van der Waals surface area contributed by atoms with Gasteiger partial charge in [0.1, 0.15) is 16.4 Å². The molecule has 2 atom stereocenters. The van der Waals surface area contributed by atoms with Crippen LogP contribution in [0.1, 0.15) is 19.4 Å². The number of nitrogens with zero attached hydrogens (tertiary/aromatic N) is 2. The fraction of sp³-hybridized carbons (Fsp3) is 0.455. The highest BCUT2D eigenvalue weighted by molar-refractivity contribution is 7.89. The molecule has 0 radical (unpaired) electrons. The summed E-state index contributed by atoms with van der Waals surface area (Å²) >= 11 is 0. The number of piperazine rings is 1. The molecule has 29 heavy (non-hydrogen) atoms. The van der Waals surface area contributed by atoms with Crippen molar-refractivity contribution < 1.29 is 17.9 Å². The van der Waals surface area contributed by atoms with Crippen LogP contribution in [0.2, 0.25) is 0 Å². The Labute approximate surface area is 174 Å². The Morgan fingerprint density at radius 1 is 0.966 bits per heavy atom.